The van der Waals surface area contributed by atoms with E-state index in [1.807, 2.05) is 42.2 Å². The number of piperidine rings is 1. The van der Waals surface area contributed by atoms with Crippen LogP contribution >= 0.6 is 11.3 Å². The summed E-state index contributed by atoms with van der Waals surface area (Å²) in [7, 11) is 0. The fourth-order valence-corrected chi connectivity index (χ4v) is 6.37. The molecule has 2 aromatic heterocycles. The molecule has 1 atom stereocenters. The van der Waals surface area contributed by atoms with Crippen LogP contribution in [0, 0.1) is 12.3 Å². The maximum atomic E-state index is 13.8. The van der Waals surface area contributed by atoms with Gasteiger partial charge in [-0.1, -0.05) is 36.8 Å². The third kappa shape index (κ3) is 4.99. The van der Waals surface area contributed by atoms with Gasteiger partial charge in [0.2, 0.25) is 0 Å². The summed E-state index contributed by atoms with van der Waals surface area (Å²) in [5.41, 5.74) is 1.67. The summed E-state index contributed by atoms with van der Waals surface area (Å²) in [5.74, 6) is -0.0484. The lowest BCUT2D eigenvalue weighted by Gasteiger charge is -2.51. The van der Waals surface area contributed by atoms with Crippen LogP contribution in [0.15, 0.2) is 48.7 Å². The normalized spacial score (nSPS) is 19.5. The minimum atomic E-state index is -4.39. The molecule has 3 aromatic rings. The Morgan fingerprint density at radius 3 is 2.54 bits per heavy atom. The van der Waals surface area contributed by atoms with E-state index in [0.717, 1.165) is 40.6 Å². The fourth-order valence-electron chi connectivity index (χ4n) is 5.46. The van der Waals surface area contributed by atoms with Crippen molar-refractivity contribution in [2.45, 2.75) is 64.1 Å². The van der Waals surface area contributed by atoms with Crippen LogP contribution < -0.4 is 0 Å². The first-order valence-electron chi connectivity index (χ1n) is 12.1. The highest BCUT2D eigenvalue weighted by atomic mass is 32.1. The number of thiazole rings is 1. The topological polar surface area (TPSA) is 46.1 Å². The molecule has 2 fully saturated rings. The Labute approximate surface area is 207 Å². The van der Waals surface area contributed by atoms with Gasteiger partial charge in [0.05, 0.1) is 15.4 Å². The molecule has 1 aliphatic heterocycles. The highest BCUT2D eigenvalue weighted by Gasteiger charge is 2.45. The minimum absolute atomic E-state index is 0.0197. The van der Waals surface area contributed by atoms with Crippen molar-refractivity contribution in [2.24, 2.45) is 5.41 Å². The van der Waals surface area contributed by atoms with Crippen molar-refractivity contribution in [2.75, 3.05) is 6.54 Å². The van der Waals surface area contributed by atoms with E-state index in [4.69, 9.17) is 0 Å². The molecule has 4 nitrogen and oxygen atoms in total. The number of carbonyl (C=O) groups is 1. The summed E-state index contributed by atoms with van der Waals surface area (Å²) >= 11 is 1.53. The average Bonchev–Trinajstić information content (AvgIpc) is 3.23. The highest BCUT2D eigenvalue weighted by molar-refractivity contribution is 7.15. The van der Waals surface area contributed by atoms with E-state index in [9.17, 15) is 18.0 Å². The number of aromatic nitrogens is 2. The Morgan fingerprint density at radius 2 is 1.91 bits per heavy atom. The van der Waals surface area contributed by atoms with Crippen LogP contribution in [0.4, 0.5) is 13.2 Å². The Balaban J connectivity index is 1.37. The maximum absolute atomic E-state index is 13.8. The zero-order valence-electron chi connectivity index (χ0n) is 19.6. The molecule has 0 radical (unpaired) electrons. The zero-order valence-corrected chi connectivity index (χ0v) is 20.5. The molecule has 1 spiro atoms. The number of alkyl halides is 3. The summed E-state index contributed by atoms with van der Waals surface area (Å²) in [6.07, 6.45) is 3.25. The fraction of sp³-hybridized carbons (Fsp3) is 0.444. The van der Waals surface area contributed by atoms with Gasteiger partial charge in [0, 0.05) is 24.5 Å². The second kappa shape index (κ2) is 9.37. The van der Waals surface area contributed by atoms with Crippen molar-refractivity contribution in [3.05, 3.63) is 70.6 Å². The SMILES string of the molecule is Cc1nc(C(=O)N2CCC3(CCC3)CC2CCc2ccc(C(F)(F)F)cn2)c(-c2ccccc2)s1. The van der Waals surface area contributed by atoms with E-state index in [2.05, 4.69) is 9.97 Å². The molecular weight excluding hydrogens is 471 g/mol. The average molecular weight is 500 g/mol. The van der Waals surface area contributed by atoms with E-state index in [1.54, 1.807) is 0 Å². The van der Waals surface area contributed by atoms with Crippen molar-refractivity contribution in [1.29, 1.82) is 0 Å². The lowest BCUT2D eigenvalue weighted by Crippen LogP contribution is -2.52. The number of nitrogens with zero attached hydrogens (tertiary/aromatic N) is 3. The number of carbonyl (C=O) groups excluding carboxylic acids is 1. The summed E-state index contributed by atoms with van der Waals surface area (Å²) in [6, 6.07) is 12.4. The van der Waals surface area contributed by atoms with E-state index in [0.29, 0.717) is 36.2 Å². The van der Waals surface area contributed by atoms with E-state index < -0.39 is 11.7 Å². The molecule has 0 bridgehead atoms. The summed E-state index contributed by atoms with van der Waals surface area (Å²) < 4.78 is 38.7. The highest BCUT2D eigenvalue weighted by Crippen LogP contribution is 2.51. The van der Waals surface area contributed by atoms with E-state index in [1.165, 1.54) is 36.7 Å². The zero-order chi connectivity index (χ0) is 24.6. The molecule has 1 saturated carbocycles. The number of amides is 1. The van der Waals surface area contributed by atoms with Gasteiger partial charge in [-0.15, -0.1) is 11.3 Å². The maximum Gasteiger partial charge on any atom is 0.417 e. The first kappa shape index (κ1) is 24.0. The lowest BCUT2D eigenvalue weighted by atomic mass is 9.61. The molecule has 3 heterocycles. The molecule has 1 unspecified atom stereocenters. The molecule has 5 rings (SSSR count). The van der Waals surface area contributed by atoms with Gasteiger partial charge in [-0.05, 0) is 68.6 Å². The second-order valence-corrected chi connectivity index (χ2v) is 11.0. The summed E-state index contributed by atoms with van der Waals surface area (Å²) in [5, 5.41) is 0.852. The number of likely N-dealkylation sites (tertiary alicyclic amines) is 1. The predicted octanol–water partition coefficient (Wildman–Crippen LogP) is 6.94. The van der Waals surface area contributed by atoms with Crippen LogP contribution in [-0.4, -0.2) is 33.4 Å². The molecule has 1 amide bonds. The third-order valence-corrected chi connectivity index (χ3v) is 8.55. The molecule has 8 heteroatoms. The third-order valence-electron chi connectivity index (χ3n) is 7.53. The van der Waals surface area contributed by atoms with E-state index >= 15 is 0 Å². The molecule has 0 N–H and O–H groups in total. The summed E-state index contributed by atoms with van der Waals surface area (Å²) in [4.78, 5) is 25.4. The van der Waals surface area contributed by atoms with Crippen molar-refractivity contribution in [1.82, 2.24) is 14.9 Å². The van der Waals surface area contributed by atoms with Crippen LogP contribution in [-0.2, 0) is 12.6 Å². The van der Waals surface area contributed by atoms with Crippen LogP contribution in [0.2, 0.25) is 0 Å². The first-order valence-corrected chi connectivity index (χ1v) is 12.9. The van der Waals surface area contributed by atoms with Gasteiger partial charge in [-0.3, -0.25) is 9.78 Å². The Hall–Kier alpha value is -2.74. The number of hydrogen-bond acceptors (Lipinski definition) is 4. The van der Waals surface area contributed by atoms with Crippen molar-refractivity contribution in [3.8, 4) is 10.4 Å². The Kier molecular flexibility index (Phi) is 6.42. The van der Waals surface area contributed by atoms with Crippen molar-refractivity contribution in [3.63, 3.8) is 0 Å². The van der Waals surface area contributed by atoms with Gasteiger partial charge >= 0.3 is 6.18 Å². The van der Waals surface area contributed by atoms with Gasteiger partial charge < -0.3 is 4.90 Å². The predicted molar refractivity (Wildman–Crippen MR) is 130 cm³/mol. The Bertz CT molecular complexity index is 1190. The summed E-state index contributed by atoms with van der Waals surface area (Å²) in [6.45, 7) is 2.61. The largest absolute Gasteiger partial charge is 0.417 e. The van der Waals surface area contributed by atoms with Crippen LogP contribution in [0.3, 0.4) is 0 Å². The minimum Gasteiger partial charge on any atom is -0.334 e. The number of aryl methyl sites for hydroxylation is 2. The number of hydrogen-bond donors (Lipinski definition) is 0. The van der Waals surface area contributed by atoms with Gasteiger partial charge in [-0.25, -0.2) is 4.98 Å². The van der Waals surface area contributed by atoms with Gasteiger partial charge in [0.1, 0.15) is 5.69 Å². The van der Waals surface area contributed by atoms with Crippen molar-refractivity contribution >= 4 is 17.2 Å². The molecule has 35 heavy (non-hydrogen) atoms. The Morgan fingerprint density at radius 1 is 1.14 bits per heavy atom. The lowest BCUT2D eigenvalue weighted by molar-refractivity contribution is -0.137. The number of pyridine rings is 1. The smallest absolute Gasteiger partial charge is 0.334 e. The van der Waals surface area contributed by atoms with Gasteiger partial charge in [-0.2, -0.15) is 13.2 Å². The quantitative estimate of drug-likeness (QED) is 0.382. The molecule has 1 aromatic carbocycles. The number of benzene rings is 1. The van der Waals surface area contributed by atoms with Crippen molar-refractivity contribution < 1.29 is 18.0 Å². The van der Waals surface area contributed by atoms with E-state index in [-0.39, 0.29) is 11.9 Å². The monoisotopic (exact) mass is 499 g/mol. The molecular formula is C27H28F3N3OS. The van der Waals surface area contributed by atoms with Gasteiger partial charge in [0.15, 0.2) is 0 Å². The standard InChI is InChI=1S/C27H28F3N3OS/c1-18-32-23(24(35-18)19-6-3-2-4-7-19)25(34)33-15-14-26(12-5-13-26)16-22(33)11-10-21-9-8-20(17-31-21)27(28,29)30/h2-4,6-9,17,22H,5,10-16H2,1H3. The van der Waals surface area contributed by atoms with Crippen LogP contribution in [0.1, 0.15) is 65.3 Å². The van der Waals surface area contributed by atoms with Gasteiger partial charge in [0.25, 0.3) is 5.91 Å². The molecule has 1 saturated heterocycles. The molecule has 2 aliphatic rings. The molecule has 1 aliphatic carbocycles. The number of rotatable bonds is 5. The molecule has 184 valence electrons. The number of halogens is 3. The van der Waals surface area contributed by atoms with Crippen LogP contribution in [0.5, 0.6) is 0 Å². The second-order valence-electron chi connectivity index (χ2n) is 9.81. The first-order chi connectivity index (χ1) is 16.7. The van der Waals surface area contributed by atoms with Crippen LogP contribution in [0.25, 0.3) is 10.4 Å².